The Balaban J connectivity index is 2.33. The van der Waals surface area contributed by atoms with Gasteiger partial charge in [-0.2, -0.15) is 0 Å². The van der Waals surface area contributed by atoms with Crippen molar-refractivity contribution in [3.05, 3.63) is 37.1 Å². The molecule has 0 atom stereocenters. The van der Waals surface area contributed by atoms with Gasteiger partial charge in [0.05, 0.1) is 6.61 Å². The highest BCUT2D eigenvalue weighted by atomic mass is 32.2. The Labute approximate surface area is 70.5 Å². The summed E-state index contributed by atoms with van der Waals surface area (Å²) in [6.07, 6.45) is 3.44. The van der Waals surface area contributed by atoms with Gasteiger partial charge in [-0.15, -0.1) is 6.58 Å². The van der Waals surface area contributed by atoms with Crippen LogP contribution in [0.25, 0.3) is 0 Å². The van der Waals surface area contributed by atoms with Gasteiger partial charge >= 0.3 is 0 Å². The highest BCUT2D eigenvalue weighted by Gasteiger charge is 1.91. The van der Waals surface area contributed by atoms with Crippen LogP contribution in [0.2, 0.25) is 0 Å². The average molecular weight is 167 g/mol. The molecule has 0 aliphatic heterocycles. The van der Waals surface area contributed by atoms with Crippen molar-refractivity contribution in [2.75, 3.05) is 6.61 Å². The maximum absolute atomic E-state index is 5.10. The molecule has 58 valence electrons. The zero-order chi connectivity index (χ0) is 7.94. The number of aromatic nitrogens is 1. The van der Waals surface area contributed by atoms with Crippen molar-refractivity contribution in [2.24, 2.45) is 0 Å². The van der Waals surface area contributed by atoms with Gasteiger partial charge in [0.15, 0.2) is 0 Å². The van der Waals surface area contributed by atoms with Crippen LogP contribution in [0.4, 0.5) is 0 Å². The molecule has 1 heterocycles. The largest absolute Gasteiger partial charge is 0.305 e. The lowest BCUT2D eigenvalue weighted by molar-refractivity contribution is 0.428. The highest BCUT2D eigenvalue weighted by molar-refractivity contribution is 7.94. The van der Waals surface area contributed by atoms with Crippen molar-refractivity contribution >= 4 is 12.0 Å². The van der Waals surface area contributed by atoms with Crippen LogP contribution < -0.4 is 0 Å². The fourth-order valence-corrected chi connectivity index (χ4v) is 1.06. The molecule has 1 aromatic rings. The molecule has 11 heavy (non-hydrogen) atoms. The summed E-state index contributed by atoms with van der Waals surface area (Å²) in [6, 6.07) is 5.69. The van der Waals surface area contributed by atoms with Gasteiger partial charge in [0.1, 0.15) is 5.03 Å². The van der Waals surface area contributed by atoms with Gasteiger partial charge in [0.2, 0.25) is 0 Å². The molecule has 0 N–H and O–H groups in total. The van der Waals surface area contributed by atoms with Crippen LogP contribution in [-0.2, 0) is 4.18 Å². The maximum atomic E-state index is 5.10. The fraction of sp³-hybridized carbons (Fsp3) is 0.125. The smallest absolute Gasteiger partial charge is 0.123 e. The molecule has 0 fully saturated rings. The Bertz CT molecular complexity index is 213. The molecule has 1 aromatic heterocycles. The third-order valence-corrected chi connectivity index (χ3v) is 1.63. The molecule has 0 aliphatic carbocycles. The summed E-state index contributed by atoms with van der Waals surface area (Å²) in [4.78, 5) is 4.05. The van der Waals surface area contributed by atoms with Crippen LogP contribution in [0.15, 0.2) is 42.1 Å². The van der Waals surface area contributed by atoms with Crippen LogP contribution in [0.3, 0.4) is 0 Å². The van der Waals surface area contributed by atoms with Crippen LogP contribution in [0.1, 0.15) is 0 Å². The molecule has 2 nitrogen and oxygen atoms in total. The van der Waals surface area contributed by atoms with Crippen LogP contribution in [0.5, 0.6) is 0 Å². The van der Waals surface area contributed by atoms with Crippen molar-refractivity contribution in [3.8, 4) is 0 Å². The zero-order valence-corrected chi connectivity index (χ0v) is 6.88. The van der Waals surface area contributed by atoms with Gasteiger partial charge in [-0.3, -0.25) is 0 Å². The Morgan fingerprint density at radius 2 is 2.55 bits per heavy atom. The molecule has 0 saturated heterocycles. The van der Waals surface area contributed by atoms with Crippen molar-refractivity contribution in [1.82, 2.24) is 4.98 Å². The summed E-state index contributed by atoms with van der Waals surface area (Å²) in [6.45, 7) is 4.08. The molecular weight excluding hydrogens is 158 g/mol. The molecule has 0 amide bonds. The summed E-state index contributed by atoms with van der Waals surface area (Å²) in [5.41, 5.74) is 0. The van der Waals surface area contributed by atoms with Crippen molar-refractivity contribution in [1.29, 1.82) is 0 Å². The quantitative estimate of drug-likeness (QED) is 0.390. The minimum Gasteiger partial charge on any atom is -0.305 e. The predicted octanol–water partition coefficient (Wildman–Crippen LogP) is 2.29. The van der Waals surface area contributed by atoms with E-state index >= 15 is 0 Å². The minimum atomic E-state index is 0.543. The standard InChI is InChI=1S/C8H9NOS/c1-2-7-10-11-8-5-3-4-6-9-8/h2-6H,1,7H2. The van der Waals surface area contributed by atoms with Crippen LogP contribution >= 0.6 is 12.0 Å². The van der Waals surface area contributed by atoms with Gasteiger partial charge in [-0.25, -0.2) is 4.98 Å². The molecule has 0 saturated carbocycles. The summed E-state index contributed by atoms with van der Waals surface area (Å²) in [7, 11) is 0. The van der Waals surface area contributed by atoms with E-state index in [1.54, 1.807) is 12.3 Å². The summed E-state index contributed by atoms with van der Waals surface area (Å²) < 4.78 is 5.10. The van der Waals surface area contributed by atoms with Crippen molar-refractivity contribution in [3.63, 3.8) is 0 Å². The molecule has 0 bridgehead atoms. The molecule has 0 radical (unpaired) electrons. The van der Waals surface area contributed by atoms with E-state index in [-0.39, 0.29) is 0 Å². The maximum Gasteiger partial charge on any atom is 0.123 e. The second-order valence-electron chi connectivity index (χ2n) is 1.82. The molecule has 0 aliphatic rings. The van der Waals surface area contributed by atoms with Gasteiger partial charge in [-0.05, 0) is 12.1 Å². The van der Waals surface area contributed by atoms with E-state index in [0.717, 1.165) is 5.03 Å². The third kappa shape index (κ3) is 3.20. The molecule has 0 spiro atoms. The number of hydrogen-bond acceptors (Lipinski definition) is 3. The molecule has 1 rings (SSSR count). The van der Waals surface area contributed by atoms with Gasteiger partial charge in [0.25, 0.3) is 0 Å². The highest BCUT2D eigenvalue weighted by Crippen LogP contribution is 2.14. The van der Waals surface area contributed by atoms with E-state index in [0.29, 0.717) is 6.61 Å². The monoisotopic (exact) mass is 167 g/mol. The fourth-order valence-electron chi connectivity index (χ4n) is 0.539. The second kappa shape index (κ2) is 4.93. The average Bonchev–Trinajstić information content (AvgIpc) is 2.07. The summed E-state index contributed by atoms with van der Waals surface area (Å²) >= 11 is 1.26. The zero-order valence-electron chi connectivity index (χ0n) is 6.06. The van der Waals surface area contributed by atoms with Crippen molar-refractivity contribution < 1.29 is 4.18 Å². The Kier molecular flexibility index (Phi) is 3.72. The first kappa shape index (κ1) is 8.30. The van der Waals surface area contributed by atoms with E-state index in [2.05, 4.69) is 11.6 Å². The second-order valence-corrected chi connectivity index (χ2v) is 2.65. The van der Waals surface area contributed by atoms with Crippen LogP contribution in [-0.4, -0.2) is 11.6 Å². The predicted molar refractivity (Wildman–Crippen MR) is 46.2 cm³/mol. The Morgan fingerprint density at radius 1 is 1.64 bits per heavy atom. The Morgan fingerprint density at radius 3 is 3.18 bits per heavy atom. The lowest BCUT2D eigenvalue weighted by atomic mass is 10.5. The van der Waals surface area contributed by atoms with E-state index in [9.17, 15) is 0 Å². The molecule has 0 aromatic carbocycles. The Hall–Kier alpha value is -0.800. The van der Waals surface area contributed by atoms with Crippen LogP contribution in [0, 0.1) is 0 Å². The normalized spacial score (nSPS) is 9.45. The SMILES string of the molecule is C=CCOSc1ccccn1. The molecular formula is C8H9NOS. The lowest BCUT2D eigenvalue weighted by Crippen LogP contribution is -1.81. The van der Waals surface area contributed by atoms with E-state index < -0.39 is 0 Å². The molecule has 0 unspecified atom stereocenters. The topological polar surface area (TPSA) is 22.1 Å². The number of rotatable bonds is 4. The van der Waals surface area contributed by atoms with Gasteiger partial charge in [-0.1, -0.05) is 12.1 Å². The first-order valence-electron chi connectivity index (χ1n) is 3.25. The molecule has 3 heteroatoms. The van der Waals surface area contributed by atoms with E-state index in [1.165, 1.54) is 12.0 Å². The number of nitrogens with zero attached hydrogens (tertiary/aromatic N) is 1. The first-order chi connectivity index (χ1) is 5.43. The van der Waals surface area contributed by atoms with Gasteiger partial charge in [0, 0.05) is 18.2 Å². The van der Waals surface area contributed by atoms with Gasteiger partial charge < -0.3 is 4.18 Å². The third-order valence-electron chi connectivity index (χ3n) is 0.968. The van der Waals surface area contributed by atoms with E-state index in [1.807, 2.05) is 18.2 Å². The lowest BCUT2D eigenvalue weighted by Gasteiger charge is -1.96. The summed E-state index contributed by atoms with van der Waals surface area (Å²) in [5, 5.41) is 0.870. The van der Waals surface area contributed by atoms with E-state index in [4.69, 9.17) is 4.18 Å². The minimum absolute atomic E-state index is 0.543. The number of pyridine rings is 1. The van der Waals surface area contributed by atoms with Crippen molar-refractivity contribution in [2.45, 2.75) is 5.03 Å². The summed E-state index contributed by atoms with van der Waals surface area (Å²) in [5.74, 6) is 0. The number of hydrogen-bond donors (Lipinski definition) is 0. The first-order valence-corrected chi connectivity index (χ1v) is 3.99.